The zero-order valence-electron chi connectivity index (χ0n) is 17.3. The van der Waals surface area contributed by atoms with E-state index in [2.05, 4.69) is 0 Å². The first kappa shape index (κ1) is 22.0. The molecular formula is C24H22FNO5S. The highest BCUT2D eigenvalue weighted by atomic mass is 32.2. The number of carbonyl (C=O) groups is 1. The Bertz CT molecular complexity index is 1200. The van der Waals surface area contributed by atoms with Crippen LogP contribution in [0, 0.1) is 11.7 Å². The molecule has 1 aliphatic rings. The molecule has 0 radical (unpaired) electrons. The van der Waals surface area contributed by atoms with Gasteiger partial charge in [-0.1, -0.05) is 30.3 Å². The van der Waals surface area contributed by atoms with Gasteiger partial charge in [-0.3, -0.25) is 4.79 Å². The van der Waals surface area contributed by atoms with Crippen molar-refractivity contribution < 1.29 is 27.4 Å². The Morgan fingerprint density at radius 3 is 2.22 bits per heavy atom. The Kier molecular flexibility index (Phi) is 5.99. The van der Waals surface area contributed by atoms with E-state index >= 15 is 0 Å². The molecule has 1 amide bonds. The molecule has 3 atom stereocenters. The molecule has 0 aromatic heterocycles. The molecule has 3 aromatic carbocycles. The van der Waals surface area contributed by atoms with Crippen molar-refractivity contribution in [1.29, 1.82) is 0 Å². The summed E-state index contributed by atoms with van der Waals surface area (Å²) in [4.78, 5) is 14.5. The Hall–Kier alpha value is -3.23. The number of benzene rings is 3. The smallest absolute Gasteiger partial charge is 0.235 e. The number of ether oxygens (including phenoxy) is 1. The van der Waals surface area contributed by atoms with Crippen molar-refractivity contribution in [2.75, 3.05) is 17.8 Å². The number of methoxy groups -OCH3 is 1. The van der Waals surface area contributed by atoms with Crippen molar-refractivity contribution >= 4 is 21.4 Å². The van der Waals surface area contributed by atoms with Gasteiger partial charge < -0.3 is 14.7 Å². The van der Waals surface area contributed by atoms with Gasteiger partial charge in [-0.2, -0.15) is 0 Å². The van der Waals surface area contributed by atoms with E-state index in [0.717, 1.165) is 29.8 Å². The van der Waals surface area contributed by atoms with Crippen LogP contribution >= 0.6 is 0 Å². The quantitative estimate of drug-likeness (QED) is 0.436. The molecule has 2 unspecified atom stereocenters. The van der Waals surface area contributed by atoms with E-state index in [1.165, 1.54) is 0 Å². The molecule has 0 bridgehead atoms. The second-order valence-corrected chi connectivity index (χ2v) is 9.62. The topological polar surface area (TPSA) is 83.9 Å². The summed E-state index contributed by atoms with van der Waals surface area (Å²) < 4.78 is 43.9. The predicted octanol–water partition coefficient (Wildman–Crippen LogP) is 3.37. The lowest BCUT2D eigenvalue weighted by atomic mass is 9.78. The largest absolute Gasteiger partial charge is 0.497 e. The Morgan fingerprint density at radius 1 is 1.00 bits per heavy atom. The van der Waals surface area contributed by atoms with Crippen LogP contribution in [0.4, 0.5) is 10.1 Å². The number of β-lactam (4-membered cyclic amide) rings is 1. The molecule has 1 aliphatic heterocycles. The van der Waals surface area contributed by atoms with Crippen LogP contribution in [-0.4, -0.2) is 38.4 Å². The van der Waals surface area contributed by atoms with Gasteiger partial charge >= 0.3 is 0 Å². The van der Waals surface area contributed by atoms with Crippen LogP contribution in [-0.2, 0) is 14.6 Å². The summed E-state index contributed by atoms with van der Waals surface area (Å²) in [5.41, 5.74) is 1.40. The Labute approximate surface area is 185 Å². The van der Waals surface area contributed by atoms with E-state index in [1.807, 2.05) is 6.07 Å². The normalized spacial score (nSPS) is 19.3. The zero-order chi connectivity index (χ0) is 22.9. The van der Waals surface area contributed by atoms with Gasteiger partial charge in [-0.25, -0.2) is 12.8 Å². The fourth-order valence-electron chi connectivity index (χ4n) is 3.99. The highest BCUT2D eigenvalue weighted by molar-refractivity contribution is 7.91. The van der Waals surface area contributed by atoms with E-state index in [0.29, 0.717) is 11.4 Å². The number of aliphatic hydroxyl groups is 1. The molecule has 0 spiro atoms. The van der Waals surface area contributed by atoms with Crippen molar-refractivity contribution in [2.24, 2.45) is 5.92 Å². The van der Waals surface area contributed by atoms with E-state index in [9.17, 15) is 22.7 Å². The number of para-hydroxylation sites is 1. The van der Waals surface area contributed by atoms with Crippen LogP contribution in [0.5, 0.6) is 5.75 Å². The van der Waals surface area contributed by atoms with Crippen molar-refractivity contribution in [1.82, 2.24) is 0 Å². The minimum atomic E-state index is -3.93. The number of aliphatic hydroxyl groups excluding tert-OH is 1. The minimum absolute atomic E-state index is 0.106. The number of anilines is 1. The molecule has 4 rings (SSSR count). The van der Waals surface area contributed by atoms with Gasteiger partial charge in [-0.15, -0.1) is 0 Å². The number of hydrogen-bond donors (Lipinski definition) is 1. The first-order valence-electron chi connectivity index (χ1n) is 10.0. The summed E-state index contributed by atoms with van der Waals surface area (Å²) >= 11 is 0. The van der Waals surface area contributed by atoms with Crippen molar-refractivity contribution in [3.8, 4) is 5.75 Å². The molecule has 166 valence electrons. The van der Waals surface area contributed by atoms with E-state index in [-0.39, 0.29) is 10.8 Å². The maximum atomic E-state index is 13.2. The number of rotatable bonds is 7. The van der Waals surface area contributed by atoms with Crippen molar-refractivity contribution in [3.63, 3.8) is 0 Å². The van der Waals surface area contributed by atoms with Crippen LogP contribution in [0.15, 0.2) is 83.8 Å². The van der Waals surface area contributed by atoms with E-state index in [1.54, 1.807) is 60.5 Å². The third kappa shape index (κ3) is 4.11. The first-order chi connectivity index (χ1) is 15.3. The molecule has 3 aromatic rings. The fourth-order valence-corrected chi connectivity index (χ4v) is 5.39. The van der Waals surface area contributed by atoms with Crippen LogP contribution in [0.1, 0.15) is 11.6 Å². The van der Waals surface area contributed by atoms with Crippen LogP contribution in [0.25, 0.3) is 0 Å². The lowest BCUT2D eigenvalue weighted by molar-refractivity contribution is -0.135. The Morgan fingerprint density at radius 2 is 1.62 bits per heavy atom. The summed E-state index contributed by atoms with van der Waals surface area (Å²) in [7, 11) is -2.38. The molecule has 6 nitrogen and oxygen atoms in total. The number of amides is 1. The highest BCUT2D eigenvalue weighted by Gasteiger charge is 2.53. The summed E-state index contributed by atoms with van der Waals surface area (Å²) in [6.07, 6.45) is -1.44. The third-order valence-electron chi connectivity index (χ3n) is 5.61. The van der Waals surface area contributed by atoms with Crippen LogP contribution < -0.4 is 9.64 Å². The summed E-state index contributed by atoms with van der Waals surface area (Å²) in [5.74, 6) is -1.87. The van der Waals surface area contributed by atoms with Gasteiger partial charge in [0.1, 0.15) is 11.6 Å². The van der Waals surface area contributed by atoms with E-state index < -0.39 is 39.5 Å². The molecule has 1 heterocycles. The predicted molar refractivity (Wildman–Crippen MR) is 118 cm³/mol. The number of sulfone groups is 1. The molecule has 1 saturated heterocycles. The Balaban J connectivity index is 1.64. The van der Waals surface area contributed by atoms with Crippen LogP contribution in [0.2, 0.25) is 0 Å². The van der Waals surface area contributed by atoms with Crippen LogP contribution in [0.3, 0.4) is 0 Å². The molecule has 0 saturated carbocycles. The molecule has 0 aliphatic carbocycles. The number of carbonyl (C=O) groups excluding carboxylic acids is 1. The molecule has 8 heteroatoms. The lowest BCUT2D eigenvalue weighted by Gasteiger charge is -2.49. The van der Waals surface area contributed by atoms with E-state index in [4.69, 9.17) is 4.74 Å². The number of nitrogens with zero attached hydrogens (tertiary/aromatic N) is 1. The van der Waals surface area contributed by atoms with Crippen molar-refractivity contribution in [2.45, 2.75) is 17.0 Å². The van der Waals surface area contributed by atoms with Gasteiger partial charge in [0.2, 0.25) is 5.91 Å². The second-order valence-electron chi connectivity index (χ2n) is 7.59. The monoisotopic (exact) mass is 455 g/mol. The van der Waals surface area contributed by atoms with Gasteiger partial charge in [0, 0.05) is 5.69 Å². The summed E-state index contributed by atoms with van der Waals surface area (Å²) in [5, 5.41) is 10.9. The molecule has 1 N–H and O–H groups in total. The maximum Gasteiger partial charge on any atom is 0.235 e. The zero-order valence-corrected chi connectivity index (χ0v) is 18.1. The number of halogens is 1. The molecular weight excluding hydrogens is 433 g/mol. The lowest BCUT2D eigenvalue weighted by Crippen LogP contribution is -2.60. The SMILES string of the molecule is COc1ccc(C2C([C@H](O)CS(=O)(=O)c3ccc(F)cc3)C(=O)N2c2ccccc2)cc1. The summed E-state index contributed by atoms with van der Waals surface area (Å²) in [6.45, 7) is 0. The van der Waals surface area contributed by atoms with Gasteiger partial charge in [-0.05, 0) is 54.1 Å². The molecule has 32 heavy (non-hydrogen) atoms. The summed E-state index contributed by atoms with van der Waals surface area (Å²) in [6, 6.07) is 19.9. The fraction of sp³-hybridized carbons (Fsp3) is 0.208. The highest BCUT2D eigenvalue weighted by Crippen LogP contribution is 2.45. The van der Waals surface area contributed by atoms with Gasteiger partial charge in [0.25, 0.3) is 0 Å². The standard InChI is InChI=1S/C24H22FNO5S/c1-31-19-11-7-16(8-12-19)23-22(24(28)26(23)18-5-3-2-4-6-18)21(27)15-32(29,30)20-13-9-17(25)10-14-20/h2-14,21-23,27H,15H2,1H3/t21-,22?,23?/m1/s1. The first-order valence-corrected chi connectivity index (χ1v) is 11.7. The second kappa shape index (κ2) is 8.72. The molecule has 1 fully saturated rings. The third-order valence-corrected chi connectivity index (χ3v) is 7.38. The van der Waals surface area contributed by atoms with Gasteiger partial charge in [0.05, 0.1) is 35.8 Å². The average Bonchev–Trinajstić information content (AvgIpc) is 2.78. The number of hydrogen-bond acceptors (Lipinski definition) is 5. The maximum absolute atomic E-state index is 13.2. The minimum Gasteiger partial charge on any atom is -0.497 e. The average molecular weight is 456 g/mol. The van der Waals surface area contributed by atoms with Crippen molar-refractivity contribution in [3.05, 3.63) is 90.2 Å². The van der Waals surface area contributed by atoms with Gasteiger partial charge in [0.15, 0.2) is 9.84 Å².